The molecule has 1 heterocycles. The number of nitrogens with zero attached hydrogens (tertiary/aromatic N) is 3. The third-order valence-corrected chi connectivity index (χ3v) is 4.18. The molecule has 7 heteroatoms. The Balaban J connectivity index is 1.53. The molecule has 1 N–H and O–H groups in total. The third-order valence-electron chi connectivity index (χ3n) is 3.87. The molecule has 140 valence electrons. The van der Waals surface area contributed by atoms with Crippen LogP contribution in [0.1, 0.15) is 11.4 Å². The summed E-state index contributed by atoms with van der Waals surface area (Å²) < 4.78 is 20.9. The average Bonchev–Trinajstić information content (AvgIpc) is 3.01. The maximum Gasteiger partial charge on any atom is 0.217 e. The van der Waals surface area contributed by atoms with E-state index in [2.05, 4.69) is 15.0 Å². The van der Waals surface area contributed by atoms with Gasteiger partial charge >= 0.3 is 0 Å². The summed E-state index contributed by atoms with van der Waals surface area (Å²) in [5.41, 5.74) is 0.889. The number of aromatic amines is 1. The monoisotopic (exact) mass is 384 g/mol. The number of hydrogen-bond acceptors (Lipinski definition) is 4. The zero-order valence-corrected chi connectivity index (χ0v) is 15.8. The average molecular weight is 384 g/mol. The molecule has 2 aromatic carbocycles. The number of benzene rings is 2. The molecule has 0 saturated heterocycles. The molecule has 0 amide bonds. The molecule has 0 unspecified atom stereocenters. The standard InChI is InChI=1S/C20H21FN4OS/c1-24(13-14-26-18-5-3-2-4-6-18)15-25-20(27)22-19(23-25)12-9-16-7-10-17(21)11-8-16/h2-12H,13-15H2,1H3,(H,22,23,27)/b12-9+. The highest BCUT2D eigenvalue weighted by Crippen LogP contribution is 2.09. The molecule has 5 nitrogen and oxygen atoms in total. The molecule has 0 atom stereocenters. The molecule has 0 aliphatic rings. The van der Waals surface area contributed by atoms with Crippen molar-refractivity contribution in [3.63, 3.8) is 0 Å². The summed E-state index contributed by atoms with van der Waals surface area (Å²) >= 11 is 5.31. The second kappa shape index (κ2) is 9.25. The quantitative estimate of drug-likeness (QED) is 0.591. The van der Waals surface area contributed by atoms with Crippen LogP contribution in [0.4, 0.5) is 4.39 Å². The lowest BCUT2D eigenvalue weighted by molar-refractivity contribution is 0.198. The lowest BCUT2D eigenvalue weighted by Crippen LogP contribution is -2.27. The van der Waals surface area contributed by atoms with Crippen LogP contribution < -0.4 is 4.74 Å². The first-order valence-electron chi connectivity index (χ1n) is 8.57. The highest BCUT2D eigenvalue weighted by molar-refractivity contribution is 7.71. The zero-order chi connectivity index (χ0) is 19.1. The Morgan fingerprint density at radius 3 is 2.63 bits per heavy atom. The van der Waals surface area contributed by atoms with E-state index >= 15 is 0 Å². The van der Waals surface area contributed by atoms with Crippen molar-refractivity contribution >= 4 is 24.4 Å². The van der Waals surface area contributed by atoms with Gasteiger partial charge in [-0.05, 0) is 55.2 Å². The summed E-state index contributed by atoms with van der Waals surface area (Å²) in [6, 6.07) is 16.0. The SMILES string of the molecule is CN(CCOc1ccccc1)Cn1[nH]c(/C=C/c2ccc(F)cc2)nc1=S. The molecule has 27 heavy (non-hydrogen) atoms. The van der Waals surface area contributed by atoms with Crippen LogP contribution in [0.5, 0.6) is 5.75 Å². The highest BCUT2D eigenvalue weighted by Gasteiger charge is 2.04. The van der Waals surface area contributed by atoms with Gasteiger partial charge in [0, 0.05) is 6.54 Å². The van der Waals surface area contributed by atoms with Gasteiger partial charge in [0.15, 0.2) is 0 Å². The first-order valence-corrected chi connectivity index (χ1v) is 8.98. The predicted octanol–water partition coefficient (Wildman–Crippen LogP) is 4.22. The summed E-state index contributed by atoms with van der Waals surface area (Å²) in [6.45, 7) is 1.91. The van der Waals surface area contributed by atoms with Crippen LogP contribution in [0.3, 0.4) is 0 Å². The van der Waals surface area contributed by atoms with Crippen molar-refractivity contribution in [3.8, 4) is 5.75 Å². The Labute approximate surface area is 162 Å². The summed E-state index contributed by atoms with van der Waals surface area (Å²) in [6.07, 6.45) is 3.67. The van der Waals surface area contributed by atoms with Gasteiger partial charge < -0.3 is 4.74 Å². The molecule has 3 aromatic rings. The molecule has 1 aromatic heterocycles. The van der Waals surface area contributed by atoms with Crippen molar-refractivity contribution in [1.29, 1.82) is 0 Å². The van der Waals surface area contributed by atoms with Crippen molar-refractivity contribution in [2.45, 2.75) is 6.67 Å². The summed E-state index contributed by atoms with van der Waals surface area (Å²) in [7, 11) is 1.99. The van der Waals surface area contributed by atoms with Crippen molar-refractivity contribution in [3.05, 3.63) is 76.6 Å². The van der Waals surface area contributed by atoms with E-state index in [9.17, 15) is 4.39 Å². The van der Waals surface area contributed by atoms with E-state index in [1.807, 2.05) is 49.5 Å². The predicted molar refractivity (Wildman–Crippen MR) is 107 cm³/mol. The van der Waals surface area contributed by atoms with Crippen LogP contribution in [-0.2, 0) is 6.67 Å². The van der Waals surface area contributed by atoms with Gasteiger partial charge in [-0.2, -0.15) is 4.98 Å². The molecule has 3 rings (SSSR count). The van der Waals surface area contributed by atoms with E-state index in [1.54, 1.807) is 16.8 Å². The number of ether oxygens (including phenoxy) is 1. The van der Waals surface area contributed by atoms with Crippen LogP contribution in [0, 0.1) is 10.6 Å². The third kappa shape index (κ3) is 5.87. The number of rotatable bonds is 8. The van der Waals surface area contributed by atoms with Gasteiger partial charge in [0.1, 0.15) is 24.0 Å². The lowest BCUT2D eigenvalue weighted by Gasteiger charge is -2.17. The molecule has 0 bridgehead atoms. The van der Waals surface area contributed by atoms with E-state index in [-0.39, 0.29) is 5.82 Å². The zero-order valence-electron chi connectivity index (χ0n) is 15.0. The Kier molecular flexibility index (Phi) is 6.51. The van der Waals surface area contributed by atoms with Crippen LogP contribution in [0.15, 0.2) is 54.6 Å². The van der Waals surface area contributed by atoms with Gasteiger partial charge in [0.25, 0.3) is 0 Å². The minimum Gasteiger partial charge on any atom is -0.492 e. The molecular formula is C20H21FN4OS. The summed E-state index contributed by atoms with van der Waals surface area (Å²) in [4.78, 5) is 6.42. The topological polar surface area (TPSA) is 46.1 Å². The normalized spacial score (nSPS) is 11.4. The first kappa shape index (κ1) is 19.0. The molecular weight excluding hydrogens is 363 g/mol. The van der Waals surface area contributed by atoms with Gasteiger partial charge in [-0.3, -0.25) is 10.00 Å². The second-order valence-corrected chi connectivity index (χ2v) is 6.45. The van der Waals surface area contributed by atoms with Crippen LogP contribution in [0.2, 0.25) is 0 Å². The molecule has 0 aliphatic carbocycles. The van der Waals surface area contributed by atoms with E-state index in [4.69, 9.17) is 17.0 Å². The molecule has 0 aliphatic heterocycles. The smallest absolute Gasteiger partial charge is 0.217 e. The van der Waals surface area contributed by atoms with Gasteiger partial charge in [-0.25, -0.2) is 9.07 Å². The van der Waals surface area contributed by atoms with Crippen LogP contribution in [0.25, 0.3) is 12.2 Å². The van der Waals surface area contributed by atoms with Gasteiger partial charge in [0.2, 0.25) is 4.77 Å². The Bertz CT molecular complexity index is 935. The van der Waals surface area contributed by atoms with E-state index < -0.39 is 0 Å². The molecule has 0 fully saturated rings. The van der Waals surface area contributed by atoms with Crippen LogP contribution in [-0.4, -0.2) is 39.9 Å². The maximum atomic E-state index is 12.9. The maximum absolute atomic E-state index is 12.9. The minimum atomic E-state index is -0.255. The fraction of sp³-hybridized carbons (Fsp3) is 0.200. The first-order chi connectivity index (χ1) is 13.1. The van der Waals surface area contributed by atoms with Crippen molar-refractivity contribution in [2.75, 3.05) is 20.2 Å². The van der Waals surface area contributed by atoms with E-state index in [1.165, 1.54) is 12.1 Å². The van der Waals surface area contributed by atoms with Gasteiger partial charge in [0.05, 0.1) is 6.67 Å². The minimum absolute atomic E-state index is 0.255. The Morgan fingerprint density at radius 2 is 1.89 bits per heavy atom. The number of halogens is 1. The van der Waals surface area contributed by atoms with E-state index in [0.29, 0.717) is 23.9 Å². The Hall–Kier alpha value is -2.77. The number of para-hydroxylation sites is 1. The lowest BCUT2D eigenvalue weighted by atomic mass is 10.2. The van der Waals surface area contributed by atoms with E-state index in [0.717, 1.165) is 17.9 Å². The highest BCUT2D eigenvalue weighted by atomic mass is 32.1. The number of H-pyrrole nitrogens is 1. The van der Waals surface area contributed by atoms with Crippen molar-refractivity contribution < 1.29 is 9.13 Å². The van der Waals surface area contributed by atoms with Crippen molar-refractivity contribution in [1.82, 2.24) is 19.7 Å². The number of hydrogen-bond donors (Lipinski definition) is 1. The van der Waals surface area contributed by atoms with Crippen molar-refractivity contribution in [2.24, 2.45) is 0 Å². The Morgan fingerprint density at radius 1 is 1.15 bits per heavy atom. The number of aromatic nitrogens is 3. The summed E-state index contributed by atoms with van der Waals surface area (Å²) in [5, 5.41) is 3.16. The second-order valence-electron chi connectivity index (χ2n) is 6.09. The summed E-state index contributed by atoms with van der Waals surface area (Å²) in [5.74, 6) is 1.26. The van der Waals surface area contributed by atoms with Crippen LogP contribution >= 0.6 is 12.2 Å². The largest absolute Gasteiger partial charge is 0.492 e. The van der Waals surface area contributed by atoms with Gasteiger partial charge in [-0.15, -0.1) is 0 Å². The molecule has 0 saturated carbocycles. The molecule has 0 radical (unpaired) electrons. The fourth-order valence-electron chi connectivity index (χ4n) is 2.44. The fourth-order valence-corrected chi connectivity index (χ4v) is 2.64. The number of nitrogens with one attached hydrogen (secondary N) is 1. The van der Waals surface area contributed by atoms with Gasteiger partial charge in [-0.1, -0.05) is 36.4 Å². The number of likely N-dealkylation sites (N-methyl/N-ethyl adjacent to an activating group) is 1. The molecule has 0 spiro atoms.